The third-order valence-corrected chi connectivity index (χ3v) is 3.15. The summed E-state index contributed by atoms with van der Waals surface area (Å²) in [5, 5.41) is 0. The van der Waals surface area contributed by atoms with Gasteiger partial charge in [0.1, 0.15) is 11.6 Å². The van der Waals surface area contributed by atoms with Gasteiger partial charge in [-0.05, 0) is 43.9 Å². The average Bonchev–Trinajstić information content (AvgIpc) is 2.33. The Morgan fingerprint density at radius 3 is 2.88 bits per heavy atom. The van der Waals surface area contributed by atoms with Crippen LogP contribution in [0.5, 0.6) is 0 Å². The first kappa shape index (κ1) is 12.5. The largest absolute Gasteiger partial charge is 0.378 e. The van der Waals surface area contributed by atoms with Crippen LogP contribution in [-0.4, -0.2) is 12.7 Å². The topological polar surface area (TPSA) is 35.2 Å². The normalized spacial score (nSPS) is 22.4. The summed E-state index contributed by atoms with van der Waals surface area (Å²) in [7, 11) is 0. The van der Waals surface area contributed by atoms with Crippen molar-refractivity contribution in [2.24, 2.45) is 5.73 Å². The second kappa shape index (κ2) is 5.56. The van der Waals surface area contributed by atoms with Crippen molar-refractivity contribution in [3.05, 3.63) is 35.4 Å². The summed E-state index contributed by atoms with van der Waals surface area (Å²) in [6.45, 7) is 0.739. The van der Waals surface area contributed by atoms with Gasteiger partial charge in [0, 0.05) is 18.2 Å². The van der Waals surface area contributed by atoms with Gasteiger partial charge in [-0.1, -0.05) is 0 Å². The Kier molecular flexibility index (Phi) is 4.07. The molecule has 0 bridgehead atoms. The molecule has 2 nitrogen and oxygen atoms in total. The fourth-order valence-corrected chi connectivity index (χ4v) is 2.20. The summed E-state index contributed by atoms with van der Waals surface area (Å²) >= 11 is 0. The summed E-state index contributed by atoms with van der Waals surface area (Å²) in [5.74, 6) is -0.906. The van der Waals surface area contributed by atoms with Gasteiger partial charge in [-0.25, -0.2) is 8.78 Å². The van der Waals surface area contributed by atoms with Crippen molar-refractivity contribution in [2.45, 2.75) is 37.8 Å². The molecule has 0 radical (unpaired) electrons. The number of hydrogen-bond acceptors (Lipinski definition) is 2. The zero-order valence-electron chi connectivity index (χ0n) is 9.66. The van der Waals surface area contributed by atoms with E-state index in [9.17, 15) is 8.78 Å². The van der Waals surface area contributed by atoms with E-state index in [1.165, 1.54) is 6.07 Å². The fraction of sp³-hybridized carbons (Fsp3) is 0.538. The highest BCUT2D eigenvalue weighted by Crippen LogP contribution is 2.25. The Morgan fingerprint density at radius 2 is 2.18 bits per heavy atom. The molecule has 4 heteroatoms. The molecule has 1 aromatic rings. The standard InChI is InChI=1S/C13H17F2NO/c14-9-4-5-12(15)11(7-9)13(16)8-10-3-1-2-6-17-10/h4-5,7,10,13H,1-3,6,8,16H2. The van der Waals surface area contributed by atoms with E-state index in [-0.39, 0.29) is 11.7 Å². The van der Waals surface area contributed by atoms with Crippen LogP contribution in [0.2, 0.25) is 0 Å². The van der Waals surface area contributed by atoms with Crippen molar-refractivity contribution in [3.63, 3.8) is 0 Å². The second-order valence-corrected chi connectivity index (χ2v) is 4.50. The van der Waals surface area contributed by atoms with Crippen molar-refractivity contribution in [3.8, 4) is 0 Å². The summed E-state index contributed by atoms with van der Waals surface area (Å²) in [5.41, 5.74) is 6.14. The highest BCUT2D eigenvalue weighted by Gasteiger charge is 2.20. The number of benzene rings is 1. The van der Waals surface area contributed by atoms with Crippen LogP contribution in [0.4, 0.5) is 8.78 Å². The van der Waals surface area contributed by atoms with E-state index in [0.717, 1.165) is 38.0 Å². The van der Waals surface area contributed by atoms with Crippen molar-refractivity contribution < 1.29 is 13.5 Å². The van der Waals surface area contributed by atoms with Gasteiger partial charge < -0.3 is 10.5 Å². The Balaban J connectivity index is 2.02. The van der Waals surface area contributed by atoms with E-state index >= 15 is 0 Å². The molecule has 1 aliphatic heterocycles. The monoisotopic (exact) mass is 241 g/mol. The lowest BCUT2D eigenvalue weighted by Crippen LogP contribution is -2.25. The minimum atomic E-state index is -0.506. The number of halogens is 2. The van der Waals surface area contributed by atoms with E-state index in [2.05, 4.69) is 0 Å². The zero-order valence-corrected chi connectivity index (χ0v) is 9.66. The lowest BCUT2D eigenvalue weighted by molar-refractivity contribution is 0.00712. The first-order valence-electron chi connectivity index (χ1n) is 5.99. The van der Waals surface area contributed by atoms with Gasteiger partial charge in [-0.3, -0.25) is 0 Å². The predicted molar refractivity (Wildman–Crippen MR) is 61.5 cm³/mol. The predicted octanol–water partition coefficient (Wildman–Crippen LogP) is 2.92. The van der Waals surface area contributed by atoms with Gasteiger partial charge in [-0.2, -0.15) is 0 Å². The molecule has 2 N–H and O–H groups in total. The number of ether oxygens (including phenoxy) is 1. The van der Waals surface area contributed by atoms with Gasteiger partial charge in [-0.15, -0.1) is 0 Å². The lowest BCUT2D eigenvalue weighted by atomic mass is 9.97. The molecule has 94 valence electrons. The van der Waals surface area contributed by atoms with E-state index in [0.29, 0.717) is 6.42 Å². The Morgan fingerprint density at radius 1 is 1.35 bits per heavy atom. The van der Waals surface area contributed by atoms with E-state index in [4.69, 9.17) is 10.5 Å². The number of rotatable bonds is 3. The SMILES string of the molecule is NC(CC1CCCCO1)c1cc(F)ccc1F. The molecule has 0 aromatic heterocycles. The molecule has 2 rings (SSSR count). The molecule has 1 saturated heterocycles. The molecule has 1 heterocycles. The molecule has 17 heavy (non-hydrogen) atoms. The number of nitrogens with two attached hydrogens (primary N) is 1. The van der Waals surface area contributed by atoms with Gasteiger partial charge in [0.05, 0.1) is 6.10 Å². The van der Waals surface area contributed by atoms with Gasteiger partial charge >= 0.3 is 0 Å². The first-order chi connectivity index (χ1) is 8.16. The molecule has 1 aliphatic rings. The molecule has 1 fully saturated rings. The van der Waals surface area contributed by atoms with Crippen molar-refractivity contribution in [2.75, 3.05) is 6.61 Å². The molecule has 0 saturated carbocycles. The Labute approximate surface area is 99.8 Å². The van der Waals surface area contributed by atoms with Crippen LogP contribution >= 0.6 is 0 Å². The van der Waals surface area contributed by atoms with Crippen LogP contribution in [0, 0.1) is 11.6 Å². The molecule has 2 atom stereocenters. The van der Waals surface area contributed by atoms with Crippen LogP contribution in [0.1, 0.15) is 37.3 Å². The minimum Gasteiger partial charge on any atom is -0.378 e. The van der Waals surface area contributed by atoms with Crippen LogP contribution in [0.15, 0.2) is 18.2 Å². The summed E-state index contributed by atoms with van der Waals surface area (Å²) in [4.78, 5) is 0. The average molecular weight is 241 g/mol. The summed E-state index contributed by atoms with van der Waals surface area (Å²) < 4.78 is 32.1. The summed E-state index contributed by atoms with van der Waals surface area (Å²) in [6.07, 6.45) is 3.75. The lowest BCUT2D eigenvalue weighted by Gasteiger charge is -2.25. The van der Waals surface area contributed by atoms with Gasteiger partial charge in [0.15, 0.2) is 0 Å². The molecular formula is C13H17F2NO. The first-order valence-corrected chi connectivity index (χ1v) is 5.99. The van der Waals surface area contributed by atoms with Crippen LogP contribution in [-0.2, 0) is 4.74 Å². The highest BCUT2D eigenvalue weighted by atomic mass is 19.1. The second-order valence-electron chi connectivity index (χ2n) is 4.50. The van der Waals surface area contributed by atoms with E-state index < -0.39 is 17.7 Å². The summed E-state index contributed by atoms with van der Waals surface area (Å²) in [6, 6.07) is 2.88. The Bertz CT molecular complexity index is 378. The number of hydrogen-bond donors (Lipinski definition) is 1. The molecule has 0 spiro atoms. The molecule has 2 unspecified atom stereocenters. The van der Waals surface area contributed by atoms with Crippen molar-refractivity contribution in [1.29, 1.82) is 0 Å². The fourth-order valence-electron chi connectivity index (χ4n) is 2.20. The van der Waals surface area contributed by atoms with Gasteiger partial charge in [0.2, 0.25) is 0 Å². The zero-order chi connectivity index (χ0) is 12.3. The van der Waals surface area contributed by atoms with Crippen LogP contribution in [0.25, 0.3) is 0 Å². The quantitative estimate of drug-likeness (QED) is 0.883. The van der Waals surface area contributed by atoms with E-state index in [1.807, 2.05) is 0 Å². The van der Waals surface area contributed by atoms with Crippen LogP contribution in [0.3, 0.4) is 0 Å². The third kappa shape index (κ3) is 3.23. The molecule has 0 amide bonds. The van der Waals surface area contributed by atoms with Crippen molar-refractivity contribution >= 4 is 0 Å². The maximum absolute atomic E-state index is 13.5. The third-order valence-electron chi connectivity index (χ3n) is 3.15. The smallest absolute Gasteiger partial charge is 0.128 e. The minimum absolute atomic E-state index is 0.0708. The maximum Gasteiger partial charge on any atom is 0.128 e. The van der Waals surface area contributed by atoms with E-state index in [1.54, 1.807) is 0 Å². The van der Waals surface area contributed by atoms with Crippen molar-refractivity contribution in [1.82, 2.24) is 0 Å². The Hall–Kier alpha value is -1.00. The molecular weight excluding hydrogens is 224 g/mol. The molecule has 0 aliphatic carbocycles. The maximum atomic E-state index is 13.5. The van der Waals surface area contributed by atoms with Gasteiger partial charge in [0.25, 0.3) is 0 Å². The van der Waals surface area contributed by atoms with Crippen LogP contribution < -0.4 is 5.73 Å². The molecule has 1 aromatic carbocycles. The highest BCUT2D eigenvalue weighted by molar-refractivity contribution is 5.22.